The maximum atomic E-state index is 6.39. The van der Waals surface area contributed by atoms with Gasteiger partial charge in [-0.1, -0.05) is 115 Å². The second kappa shape index (κ2) is 9.59. The van der Waals surface area contributed by atoms with Gasteiger partial charge in [0.15, 0.2) is 0 Å². The van der Waals surface area contributed by atoms with Crippen LogP contribution in [0.1, 0.15) is 0 Å². The summed E-state index contributed by atoms with van der Waals surface area (Å²) in [6.07, 6.45) is 0. The third-order valence-corrected chi connectivity index (χ3v) is 12.1. The number of hydrogen-bond donors (Lipinski definition) is 0. The van der Waals surface area contributed by atoms with Gasteiger partial charge in [-0.05, 0) is 92.0 Å². The Morgan fingerprint density at radius 1 is 0.383 bits per heavy atom. The Morgan fingerprint density at radius 3 is 1.94 bits per heavy atom. The normalized spacial score (nSPS) is 12.6. The quantitative estimate of drug-likeness (QED) is 0.188. The lowest BCUT2D eigenvalue weighted by molar-refractivity contribution is 0.669. The van der Waals surface area contributed by atoms with Gasteiger partial charge in [-0.2, -0.15) is 0 Å². The standard InChI is InChI=1S/C44H24OS2/c1-2-8-26-22-38-36(21-25(26)7-1)43-30(10-6-13-37(43)45-38)28-16-18-33-32-17-15-27(23-41(32)47-42(33)24-28)29-19-20-40-44-34(29)11-5-12-35(44)31-9-3-4-14-39(31)46-40/h1-24H. The summed E-state index contributed by atoms with van der Waals surface area (Å²) in [7, 11) is 0. The SMILES string of the molecule is c1ccc2c(c1)Sc1ccc(-c3ccc4c(c3)sc3cc(-c5cccc6oc7cc8ccccc8cc7c56)ccc34)c3cccc-2c13. The molecule has 2 aromatic heterocycles. The summed E-state index contributed by atoms with van der Waals surface area (Å²) in [5, 5.41) is 10.1. The number of rotatable bonds is 2. The molecule has 3 heteroatoms. The molecular weight excluding hydrogens is 609 g/mol. The van der Waals surface area contributed by atoms with E-state index >= 15 is 0 Å². The van der Waals surface area contributed by atoms with Crippen molar-refractivity contribution in [3.8, 4) is 33.4 Å². The molecule has 0 fully saturated rings. The van der Waals surface area contributed by atoms with Gasteiger partial charge in [0.1, 0.15) is 11.2 Å². The van der Waals surface area contributed by atoms with E-state index in [0.29, 0.717) is 0 Å². The van der Waals surface area contributed by atoms with E-state index in [0.717, 1.165) is 11.2 Å². The zero-order valence-electron chi connectivity index (χ0n) is 25.1. The lowest BCUT2D eigenvalue weighted by atomic mass is 9.92. The van der Waals surface area contributed by atoms with Gasteiger partial charge in [-0.15, -0.1) is 11.3 Å². The van der Waals surface area contributed by atoms with Crippen LogP contribution in [0, 0.1) is 0 Å². The molecule has 0 amide bonds. The largest absolute Gasteiger partial charge is 0.456 e. The van der Waals surface area contributed by atoms with Crippen LogP contribution < -0.4 is 0 Å². The molecule has 3 heterocycles. The number of furan rings is 1. The minimum atomic E-state index is 0.928. The zero-order chi connectivity index (χ0) is 30.6. The van der Waals surface area contributed by atoms with Crippen LogP contribution in [0.25, 0.3) is 97.0 Å². The van der Waals surface area contributed by atoms with E-state index in [1.807, 2.05) is 23.1 Å². The first kappa shape index (κ1) is 25.8. The Morgan fingerprint density at radius 2 is 1.09 bits per heavy atom. The first-order valence-corrected chi connectivity index (χ1v) is 17.5. The summed E-state index contributed by atoms with van der Waals surface area (Å²) < 4.78 is 9.00. The van der Waals surface area contributed by atoms with Crippen molar-refractivity contribution >= 4 is 86.8 Å². The van der Waals surface area contributed by atoms with Crippen LogP contribution in [0.2, 0.25) is 0 Å². The Kier molecular flexibility index (Phi) is 5.26. The summed E-state index contributed by atoms with van der Waals surface area (Å²) in [5.74, 6) is 0. The molecular formula is C44H24OS2. The van der Waals surface area contributed by atoms with E-state index in [2.05, 4.69) is 146 Å². The molecule has 0 aliphatic carbocycles. The molecule has 218 valence electrons. The molecule has 1 nitrogen and oxygen atoms in total. The van der Waals surface area contributed by atoms with E-state index in [-0.39, 0.29) is 0 Å². The zero-order valence-corrected chi connectivity index (χ0v) is 26.7. The van der Waals surface area contributed by atoms with Crippen molar-refractivity contribution < 1.29 is 4.42 Å². The van der Waals surface area contributed by atoms with Gasteiger partial charge < -0.3 is 4.42 Å². The summed E-state index contributed by atoms with van der Waals surface area (Å²) in [4.78, 5) is 2.67. The smallest absolute Gasteiger partial charge is 0.136 e. The molecule has 0 bridgehead atoms. The van der Waals surface area contributed by atoms with Crippen LogP contribution in [0.15, 0.2) is 160 Å². The van der Waals surface area contributed by atoms with Gasteiger partial charge in [-0.3, -0.25) is 0 Å². The van der Waals surface area contributed by atoms with Crippen LogP contribution in [-0.2, 0) is 0 Å². The topological polar surface area (TPSA) is 13.1 Å². The van der Waals surface area contributed by atoms with Gasteiger partial charge in [0.2, 0.25) is 0 Å². The molecule has 11 rings (SSSR count). The summed E-state index contributed by atoms with van der Waals surface area (Å²) in [5.41, 5.74) is 9.50. The van der Waals surface area contributed by atoms with E-state index in [4.69, 9.17) is 4.42 Å². The maximum Gasteiger partial charge on any atom is 0.136 e. The van der Waals surface area contributed by atoms with Crippen molar-refractivity contribution in [3.05, 3.63) is 146 Å². The first-order chi connectivity index (χ1) is 23.3. The molecule has 8 aromatic carbocycles. The highest BCUT2D eigenvalue weighted by atomic mass is 32.2. The number of fused-ring (bicyclic) bond motifs is 9. The average Bonchev–Trinajstić information content (AvgIpc) is 3.67. The van der Waals surface area contributed by atoms with E-state index in [1.54, 1.807) is 0 Å². The van der Waals surface area contributed by atoms with Gasteiger partial charge in [-0.25, -0.2) is 0 Å². The highest BCUT2D eigenvalue weighted by Crippen LogP contribution is 2.50. The van der Waals surface area contributed by atoms with Crippen molar-refractivity contribution in [2.24, 2.45) is 0 Å². The fraction of sp³-hybridized carbons (Fsp3) is 0. The van der Waals surface area contributed by atoms with Gasteiger partial charge >= 0.3 is 0 Å². The highest BCUT2D eigenvalue weighted by Gasteiger charge is 2.21. The minimum absolute atomic E-state index is 0.928. The van der Waals surface area contributed by atoms with Crippen LogP contribution >= 0.6 is 23.1 Å². The lowest BCUT2D eigenvalue weighted by Crippen LogP contribution is -1.93. The van der Waals surface area contributed by atoms with Gasteiger partial charge in [0.25, 0.3) is 0 Å². The summed E-state index contributed by atoms with van der Waals surface area (Å²) >= 11 is 3.76. The Bertz CT molecular complexity index is 2940. The Hall–Kier alpha value is -5.35. The number of thiophene rings is 1. The Labute approximate surface area is 278 Å². The van der Waals surface area contributed by atoms with E-state index in [9.17, 15) is 0 Å². The third kappa shape index (κ3) is 3.73. The molecule has 47 heavy (non-hydrogen) atoms. The van der Waals surface area contributed by atoms with Crippen LogP contribution in [-0.4, -0.2) is 0 Å². The first-order valence-electron chi connectivity index (χ1n) is 15.9. The molecule has 0 unspecified atom stereocenters. The molecule has 0 saturated heterocycles. The van der Waals surface area contributed by atoms with E-state index in [1.165, 1.54) is 95.7 Å². The fourth-order valence-corrected chi connectivity index (χ4v) is 10.0. The molecule has 0 saturated carbocycles. The fourth-order valence-electron chi connectivity index (χ4n) is 7.70. The van der Waals surface area contributed by atoms with Gasteiger partial charge in [0, 0.05) is 46.1 Å². The lowest BCUT2D eigenvalue weighted by Gasteiger charge is -2.21. The Balaban J connectivity index is 1.06. The molecule has 0 spiro atoms. The monoisotopic (exact) mass is 632 g/mol. The molecule has 1 aliphatic heterocycles. The van der Waals surface area contributed by atoms with Crippen molar-refractivity contribution in [1.82, 2.24) is 0 Å². The van der Waals surface area contributed by atoms with Gasteiger partial charge in [0.05, 0.1) is 0 Å². The molecule has 1 aliphatic rings. The minimum Gasteiger partial charge on any atom is -0.456 e. The molecule has 10 aromatic rings. The number of hydrogen-bond acceptors (Lipinski definition) is 3. The highest BCUT2D eigenvalue weighted by molar-refractivity contribution is 7.99. The van der Waals surface area contributed by atoms with Crippen LogP contribution in [0.3, 0.4) is 0 Å². The average molecular weight is 633 g/mol. The predicted molar refractivity (Wildman–Crippen MR) is 202 cm³/mol. The maximum absolute atomic E-state index is 6.39. The van der Waals surface area contributed by atoms with Crippen molar-refractivity contribution in [1.29, 1.82) is 0 Å². The molecule has 0 N–H and O–H groups in total. The van der Waals surface area contributed by atoms with Crippen molar-refractivity contribution in [2.45, 2.75) is 9.79 Å². The van der Waals surface area contributed by atoms with E-state index < -0.39 is 0 Å². The second-order valence-corrected chi connectivity index (χ2v) is 14.6. The summed E-state index contributed by atoms with van der Waals surface area (Å²) in [6.45, 7) is 0. The molecule has 0 radical (unpaired) electrons. The second-order valence-electron chi connectivity index (χ2n) is 12.4. The van der Waals surface area contributed by atoms with Crippen LogP contribution in [0.4, 0.5) is 0 Å². The molecule has 0 atom stereocenters. The summed E-state index contributed by atoms with van der Waals surface area (Å²) in [6, 6.07) is 53.5. The number of benzene rings is 8. The van der Waals surface area contributed by atoms with Crippen LogP contribution in [0.5, 0.6) is 0 Å². The third-order valence-electron chi connectivity index (χ3n) is 9.86. The van der Waals surface area contributed by atoms with Crippen molar-refractivity contribution in [3.63, 3.8) is 0 Å². The predicted octanol–water partition coefficient (Wildman–Crippen LogP) is 13.7. The van der Waals surface area contributed by atoms with Crippen molar-refractivity contribution in [2.75, 3.05) is 0 Å².